The van der Waals surface area contributed by atoms with Crippen LogP contribution in [0.2, 0.25) is 0 Å². The maximum absolute atomic E-state index is 10.3. The molecular formula is C16H16Br2O2. The maximum Gasteiger partial charge on any atom is 0.119 e. The molecule has 0 radical (unpaired) electrons. The Labute approximate surface area is 136 Å². The molecule has 106 valence electrons. The van der Waals surface area contributed by atoms with Crippen molar-refractivity contribution >= 4 is 31.9 Å². The van der Waals surface area contributed by atoms with E-state index in [-0.39, 0.29) is 0 Å². The van der Waals surface area contributed by atoms with Crippen LogP contribution in [0.1, 0.15) is 11.1 Å². The first-order valence-corrected chi connectivity index (χ1v) is 7.92. The standard InChI is InChI=1S/C16H16Br2O2/c1-20-15-5-6-16(18)12(10-15)9-14(19)8-11-3-2-4-13(17)7-11/h2-7,10,14,19H,8-9H2,1H3. The number of aliphatic hydroxyl groups excluding tert-OH is 1. The molecule has 0 saturated carbocycles. The van der Waals surface area contributed by atoms with Crippen LogP contribution in [-0.2, 0) is 12.8 Å². The second-order valence-corrected chi connectivity index (χ2v) is 6.42. The topological polar surface area (TPSA) is 29.5 Å². The van der Waals surface area contributed by atoms with E-state index in [9.17, 15) is 5.11 Å². The van der Waals surface area contributed by atoms with Gasteiger partial charge in [-0.2, -0.15) is 0 Å². The van der Waals surface area contributed by atoms with Gasteiger partial charge in [-0.15, -0.1) is 0 Å². The van der Waals surface area contributed by atoms with Crippen molar-refractivity contribution in [2.75, 3.05) is 7.11 Å². The van der Waals surface area contributed by atoms with E-state index in [0.717, 1.165) is 25.8 Å². The van der Waals surface area contributed by atoms with Gasteiger partial charge in [-0.05, 0) is 54.3 Å². The molecule has 1 N–H and O–H groups in total. The van der Waals surface area contributed by atoms with Crippen molar-refractivity contribution in [2.45, 2.75) is 18.9 Å². The van der Waals surface area contributed by atoms with Crippen LogP contribution >= 0.6 is 31.9 Å². The lowest BCUT2D eigenvalue weighted by Crippen LogP contribution is -2.14. The number of halogens is 2. The van der Waals surface area contributed by atoms with Gasteiger partial charge in [0.05, 0.1) is 13.2 Å². The molecule has 0 saturated heterocycles. The van der Waals surface area contributed by atoms with Gasteiger partial charge in [0.15, 0.2) is 0 Å². The second kappa shape index (κ2) is 7.25. The quantitative estimate of drug-likeness (QED) is 0.808. The first-order valence-electron chi connectivity index (χ1n) is 6.33. The van der Waals surface area contributed by atoms with E-state index >= 15 is 0 Å². The Bertz CT molecular complexity index is 584. The van der Waals surface area contributed by atoms with Gasteiger partial charge < -0.3 is 9.84 Å². The molecule has 0 aliphatic rings. The number of rotatable bonds is 5. The first kappa shape index (κ1) is 15.5. The molecule has 4 heteroatoms. The molecule has 0 heterocycles. The van der Waals surface area contributed by atoms with Gasteiger partial charge in [-0.1, -0.05) is 44.0 Å². The van der Waals surface area contributed by atoms with Crippen LogP contribution in [-0.4, -0.2) is 18.3 Å². The van der Waals surface area contributed by atoms with Crippen LogP contribution in [0.15, 0.2) is 51.4 Å². The number of methoxy groups -OCH3 is 1. The van der Waals surface area contributed by atoms with Crippen LogP contribution in [0.3, 0.4) is 0 Å². The maximum atomic E-state index is 10.3. The van der Waals surface area contributed by atoms with Crippen molar-refractivity contribution in [3.05, 3.63) is 62.5 Å². The highest BCUT2D eigenvalue weighted by molar-refractivity contribution is 9.10. The number of ether oxygens (including phenoxy) is 1. The third-order valence-electron chi connectivity index (χ3n) is 3.07. The molecule has 0 spiro atoms. The lowest BCUT2D eigenvalue weighted by Gasteiger charge is -2.13. The lowest BCUT2D eigenvalue weighted by molar-refractivity contribution is 0.175. The van der Waals surface area contributed by atoms with E-state index in [1.54, 1.807) is 7.11 Å². The SMILES string of the molecule is COc1ccc(Br)c(CC(O)Cc2cccc(Br)c2)c1. The zero-order chi connectivity index (χ0) is 14.5. The number of benzene rings is 2. The van der Waals surface area contributed by atoms with E-state index in [2.05, 4.69) is 31.9 Å². The van der Waals surface area contributed by atoms with Crippen molar-refractivity contribution < 1.29 is 9.84 Å². The van der Waals surface area contributed by atoms with Crippen molar-refractivity contribution in [2.24, 2.45) is 0 Å². The monoisotopic (exact) mass is 398 g/mol. The zero-order valence-corrected chi connectivity index (χ0v) is 14.3. The summed E-state index contributed by atoms with van der Waals surface area (Å²) >= 11 is 6.95. The Kier molecular flexibility index (Phi) is 5.64. The van der Waals surface area contributed by atoms with Gasteiger partial charge >= 0.3 is 0 Å². The fourth-order valence-corrected chi connectivity index (χ4v) is 2.95. The Morgan fingerprint density at radius 3 is 2.60 bits per heavy atom. The van der Waals surface area contributed by atoms with Gasteiger partial charge in [0.25, 0.3) is 0 Å². The number of hydrogen-bond donors (Lipinski definition) is 1. The highest BCUT2D eigenvalue weighted by atomic mass is 79.9. The van der Waals surface area contributed by atoms with Crippen molar-refractivity contribution in [1.29, 1.82) is 0 Å². The van der Waals surface area contributed by atoms with Crippen molar-refractivity contribution in [3.8, 4) is 5.75 Å². The van der Waals surface area contributed by atoms with E-state index in [1.807, 2.05) is 42.5 Å². The molecule has 0 bridgehead atoms. The summed E-state index contributed by atoms with van der Waals surface area (Å²) in [6.07, 6.45) is 0.792. The van der Waals surface area contributed by atoms with Gasteiger partial charge in [0.1, 0.15) is 5.75 Å². The summed E-state index contributed by atoms with van der Waals surface area (Å²) in [5.41, 5.74) is 2.16. The van der Waals surface area contributed by atoms with Crippen molar-refractivity contribution in [1.82, 2.24) is 0 Å². The summed E-state index contributed by atoms with van der Waals surface area (Å²) in [7, 11) is 1.64. The van der Waals surface area contributed by atoms with Gasteiger partial charge in [-0.25, -0.2) is 0 Å². The van der Waals surface area contributed by atoms with E-state index in [1.165, 1.54) is 0 Å². The minimum atomic E-state index is -0.423. The molecule has 0 aliphatic heterocycles. The van der Waals surface area contributed by atoms with Gasteiger partial charge in [-0.3, -0.25) is 0 Å². The second-order valence-electron chi connectivity index (χ2n) is 4.65. The van der Waals surface area contributed by atoms with Crippen LogP contribution in [0.4, 0.5) is 0 Å². The van der Waals surface area contributed by atoms with Gasteiger partial charge in [0.2, 0.25) is 0 Å². The summed E-state index contributed by atoms with van der Waals surface area (Å²) in [6, 6.07) is 13.8. The average molecular weight is 400 g/mol. The minimum Gasteiger partial charge on any atom is -0.497 e. The summed E-state index contributed by atoms with van der Waals surface area (Å²) in [5, 5.41) is 10.3. The smallest absolute Gasteiger partial charge is 0.119 e. The number of hydrogen-bond acceptors (Lipinski definition) is 2. The molecule has 2 nitrogen and oxygen atoms in total. The molecule has 0 fully saturated rings. The molecule has 20 heavy (non-hydrogen) atoms. The fraction of sp³-hybridized carbons (Fsp3) is 0.250. The normalized spacial score (nSPS) is 12.2. The van der Waals surface area contributed by atoms with Crippen LogP contribution in [0.5, 0.6) is 5.75 Å². The van der Waals surface area contributed by atoms with E-state index in [0.29, 0.717) is 12.8 Å². The Hall–Kier alpha value is -0.840. The average Bonchev–Trinajstić information content (AvgIpc) is 2.41. The van der Waals surface area contributed by atoms with E-state index in [4.69, 9.17) is 4.74 Å². The summed E-state index contributed by atoms with van der Waals surface area (Å²) in [6.45, 7) is 0. The third-order valence-corrected chi connectivity index (χ3v) is 4.34. The van der Waals surface area contributed by atoms with Crippen molar-refractivity contribution in [3.63, 3.8) is 0 Å². The fourth-order valence-electron chi connectivity index (χ4n) is 2.10. The lowest BCUT2D eigenvalue weighted by atomic mass is 10.0. The molecule has 0 aromatic heterocycles. The molecule has 2 aromatic rings. The Balaban J connectivity index is 2.06. The highest BCUT2D eigenvalue weighted by Crippen LogP contribution is 2.24. The van der Waals surface area contributed by atoms with Crippen LogP contribution in [0, 0.1) is 0 Å². The van der Waals surface area contributed by atoms with Crippen LogP contribution < -0.4 is 4.74 Å². The molecule has 2 rings (SSSR count). The summed E-state index contributed by atoms with van der Waals surface area (Å²) in [5.74, 6) is 0.804. The molecule has 2 aromatic carbocycles. The van der Waals surface area contributed by atoms with Crippen LogP contribution in [0.25, 0.3) is 0 Å². The third kappa shape index (κ3) is 4.33. The summed E-state index contributed by atoms with van der Waals surface area (Å²) < 4.78 is 7.24. The Morgan fingerprint density at radius 2 is 1.90 bits per heavy atom. The molecule has 1 unspecified atom stereocenters. The predicted molar refractivity (Wildman–Crippen MR) is 88.3 cm³/mol. The first-order chi connectivity index (χ1) is 9.58. The molecule has 0 amide bonds. The molecule has 0 aliphatic carbocycles. The van der Waals surface area contributed by atoms with E-state index < -0.39 is 6.10 Å². The van der Waals surface area contributed by atoms with Gasteiger partial charge in [0, 0.05) is 8.95 Å². The largest absolute Gasteiger partial charge is 0.497 e. The molecule has 1 atom stereocenters. The number of aliphatic hydroxyl groups is 1. The highest BCUT2D eigenvalue weighted by Gasteiger charge is 2.10. The molecular weight excluding hydrogens is 384 g/mol. The predicted octanol–water partition coefficient (Wildman–Crippen LogP) is 4.37. The summed E-state index contributed by atoms with van der Waals surface area (Å²) in [4.78, 5) is 0. The minimum absolute atomic E-state index is 0.423. The zero-order valence-electron chi connectivity index (χ0n) is 11.1. The Morgan fingerprint density at radius 1 is 1.10 bits per heavy atom.